The molecule has 2 amide bonds. The van der Waals surface area contributed by atoms with E-state index in [4.69, 9.17) is 16.3 Å². The Hall–Kier alpha value is -3.56. The largest absolute Gasteiger partial charge is 0.492 e. The lowest BCUT2D eigenvalue weighted by Gasteiger charge is -2.32. The topological polar surface area (TPSA) is 96.0 Å². The number of rotatable bonds is 13. The second-order valence-corrected chi connectivity index (χ2v) is 12.5. The van der Waals surface area contributed by atoms with Gasteiger partial charge in [-0.25, -0.2) is 8.42 Å². The van der Waals surface area contributed by atoms with Gasteiger partial charge >= 0.3 is 0 Å². The first-order chi connectivity index (χ1) is 19.4. The summed E-state index contributed by atoms with van der Waals surface area (Å²) >= 11 is 6.20. The Morgan fingerprint density at radius 2 is 1.66 bits per heavy atom. The standard InChI is InChI=1S/C31H38ClN3O5S/c1-6-40-29-13-8-7-12-28(29)35(41(38,39)27-16-14-23(4)15-17-27)21-30(36)34(20-25-10-9-11-26(32)18-25)24(5)31(37)33-19-22(2)3/h7-18,22,24H,6,19-21H2,1-5H3,(H,33,37)/t24-/m1/s1. The molecule has 0 bridgehead atoms. The quantitative estimate of drug-likeness (QED) is 0.283. The van der Waals surface area contributed by atoms with E-state index in [1.54, 1.807) is 74.5 Å². The van der Waals surface area contributed by atoms with Gasteiger partial charge in [-0.15, -0.1) is 0 Å². The molecule has 41 heavy (non-hydrogen) atoms. The van der Waals surface area contributed by atoms with Crippen molar-refractivity contribution < 1.29 is 22.7 Å². The average Bonchev–Trinajstić information content (AvgIpc) is 2.93. The predicted molar refractivity (Wildman–Crippen MR) is 163 cm³/mol. The molecule has 0 saturated heterocycles. The first-order valence-electron chi connectivity index (χ1n) is 13.6. The fourth-order valence-electron chi connectivity index (χ4n) is 4.16. The highest BCUT2D eigenvalue weighted by Crippen LogP contribution is 2.33. The van der Waals surface area contributed by atoms with E-state index in [2.05, 4.69) is 5.32 Å². The van der Waals surface area contributed by atoms with Gasteiger partial charge in [-0.05, 0) is 68.7 Å². The molecule has 3 aromatic rings. The van der Waals surface area contributed by atoms with Crippen LogP contribution < -0.4 is 14.4 Å². The van der Waals surface area contributed by atoms with Crippen LogP contribution in [-0.4, -0.2) is 50.9 Å². The SMILES string of the molecule is CCOc1ccccc1N(CC(=O)N(Cc1cccc(Cl)c1)[C@H](C)C(=O)NCC(C)C)S(=O)(=O)c1ccc(C)cc1. The number of hydrogen-bond donors (Lipinski definition) is 1. The van der Waals surface area contributed by atoms with E-state index in [1.165, 1.54) is 17.0 Å². The summed E-state index contributed by atoms with van der Waals surface area (Å²) in [5.74, 6) is -0.355. The van der Waals surface area contributed by atoms with Crippen molar-refractivity contribution in [2.75, 3.05) is 24.0 Å². The summed E-state index contributed by atoms with van der Waals surface area (Å²) in [4.78, 5) is 28.6. The highest BCUT2D eigenvalue weighted by molar-refractivity contribution is 7.92. The minimum absolute atomic E-state index is 0.0336. The van der Waals surface area contributed by atoms with E-state index < -0.39 is 28.5 Å². The minimum Gasteiger partial charge on any atom is -0.492 e. The van der Waals surface area contributed by atoms with E-state index in [1.807, 2.05) is 20.8 Å². The van der Waals surface area contributed by atoms with Crippen molar-refractivity contribution in [1.82, 2.24) is 10.2 Å². The molecule has 3 rings (SSSR count). The number of para-hydroxylation sites is 2. The summed E-state index contributed by atoms with van der Waals surface area (Å²) in [6.07, 6.45) is 0. The highest BCUT2D eigenvalue weighted by Gasteiger charge is 2.33. The number of ether oxygens (including phenoxy) is 1. The molecule has 0 fully saturated rings. The third-order valence-electron chi connectivity index (χ3n) is 6.42. The van der Waals surface area contributed by atoms with Crippen LogP contribution in [0.4, 0.5) is 5.69 Å². The van der Waals surface area contributed by atoms with Crippen LogP contribution in [0.2, 0.25) is 5.02 Å². The molecular weight excluding hydrogens is 562 g/mol. The van der Waals surface area contributed by atoms with E-state index in [9.17, 15) is 18.0 Å². The van der Waals surface area contributed by atoms with Crippen LogP contribution in [0.3, 0.4) is 0 Å². The minimum atomic E-state index is -4.20. The lowest BCUT2D eigenvalue weighted by molar-refractivity contribution is -0.139. The Morgan fingerprint density at radius 1 is 0.976 bits per heavy atom. The fourth-order valence-corrected chi connectivity index (χ4v) is 5.80. The van der Waals surface area contributed by atoms with Gasteiger partial charge < -0.3 is 15.0 Å². The number of benzene rings is 3. The second-order valence-electron chi connectivity index (χ2n) is 10.2. The zero-order valence-electron chi connectivity index (χ0n) is 24.1. The molecule has 0 aliphatic heterocycles. The third-order valence-corrected chi connectivity index (χ3v) is 8.42. The van der Waals surface area contributed by atoms with E-state index in [-0.39, 0.29) is 29.0 Å². The summed E-state index contributed by atoms with van der Waals surface area (Å²) in [5.41, 5.74) is 1.83. The second kappa shape index (κ2) is 14.4. The molecule has 0 saturated carbocycles. The van der Waals surface area contributed by atoms with E-state index in [0.29, 0.717) is 29.5 Å². The number of amides is 2. The zero-order valence-corrected chi connectivity index (χ0v) is 25.7. The molecule has 3 aromatic carbocycles. The maximum Gasteiger partial charge on any atom is 0.264 e. The molecule has 0 aliphatic carbocycles. The van der Waals surface area contributed by atoms with Crippen molar-refractivity contribution in [2.45, 2.75) is 52.1 Å². The smallest absolute Gasteiger partial charge is 0.264 e. The van der Waals surface area contributed by atoms with Crippen LogP contribution >= 0.6 is 11.6 Å². The van der Waals surface area contributed by atoms with Crippen molar-refractivity contribution in [3.05, 3.63) is 88.9 Å². The third kappa shape index (κ3) is 8.47. The number of carbonyl (C=O) groups excluding carboxylic acids is 2. The molecule has 0 heterocycles. The van der Waals surface area contributed by atoms with Gasteiger partial charge in [-0.1, -0.05) is 67.4 Å². The molecule has 1 atom stereocenters. The van der Waals surface area contributed by atoms with Crippen LogP contribution in [0, 0.1) is 12.8 Å². The van der Waals surface area contributed by atoms with Gasteiger partial charge in [0.05, 0.1) is 17.2 Å². The summed E-state index contributed by atoms with van der Waals surface area (Å²) in [6, 6.07) is 19.2. The molecule has 0 aromatic heterocycles. The molecule has 0 radical (unpaired) electrons. The summed E-state index contributed by atoms with van der Waals surface area (Å²) in [5, 5.41) is 3.36. The number of sulfonamides is 1. The van der Waals surface area contributed by atoms with Gasteiger partial charge in [-0.2, -0.15) is 0 Å². The van der Waals surface area contributed by atoms with Gasteiger partial charge in [-0.3, -0.25) is 13.9 Å². The average molecular weight is 600 g/mol. The zero-order chi connectivity index (χ0) is 30.2. The molecular formula is C31H38ClN3O5S. The number of nitrogens with zero attached hydrogens (tertiary/aromatic N) is 2. The molecule has 0 unspecified atom stereocenters. The number of hydrogen-bond acceptors (Lipinski definition) is 5. The Morgan fingerprint density at radius 3 is 2.29 bits per heavy atom. The molecule has 0 spiro atoms. The summed E-state index contributed by atoms with van der Waals surface area (Å²) in [7, 11) is -4.20. The van der Waals surface area contributed by atoms with Crippen molar-refractivity contribution in [2.24, 2.45) is 5.92 Å². The molecule has 10 heteroatoms. The number of halogens is 1. The van der Waals surface area contributed by atoms with Crippen molar-refractivity contribution in [1.29, 1.82) is 0 Å². The van der Waals surface area contributed by atoms with Gasteiger partial charge in [0.15, 0.2) is 0 Å². The number of aryl methyl sites for hydroxylation is 1. The Balaban J connectivity index is 2.07. The van der Waals surface area contributed by atoms with Crippen molar-refractivity contribution in [3.63, 3.8) is 0 Å². The van der Waals surface area contributed by atoms with Crippen LogP contribution in [0.25, 0.3) is 0 Å². The summed E-state index contributed by atoms with van der Waals surface area (Å²) < 4.78 is 34.9. The fraction of sp³-hybridized carbons (Fsp3) is 0.355. The monoisotopic (exact) mass is 599 g/mol. The lowest BCUT2D eigenvalue weighted by Crippen LogP contribution is -2.51. The first-order valence-corrected chi connectivity index (χ1v) is 15.4. The number of carbonyl (C=O) groups is 2. The molecule has 0 aliphatic rings. The van der Waals surface area contributed by atoms with Gasteiger partial charge in [0, 0.05) is 18.1 Å². The summed E-state index contributed by atoms with van der Waals surface area (Å²) in [6.45, 7) is 9.49. The number of nitrogens with one attached hydrogen (secondary N) is 1. The van der Waals surface area contributed by atoms with Crippen LogP contribution in [0.5, 0.6) is 5.75 Å². The number of anilines is 1. The maximum absolute atomic E-state index is 14.1. The Labute approximate surface area is 248 Å². The van der Waals surface area contributed by atoms with Crippen LogP contribution in [-0.2, 0) is 26.2 Å². The van der Waals surface area contributed by atoms with Gasteiger partial charge in [0.25, 0.3) is 10.0 Å². The highest BCUT2D eigenvalue weighted by atomic mass is 35.5. The normalized spacial score (nSPS) is 12.1. The van der Waals surface area contributed by atoms with Crippen molar-refractivity contribution >= 4 is 39.1 Å². The van der Waals surface area contributed by atoms with Crippen LogP contribution in [0.1, 0.15) is 38.8 Å². The van der Waals surface area contributed by atoms with E-state index in [0.717, 1.165) is 9.87 Å². The van der Waals surface area contributed by atoms with Crippen molar-refractivity contribution in [3.8, 4) is 5.75 Å². The molecule has 220 valence electrons. The maximum atomic E-state index is 14.1. The Bertz CT molecular complexity index is 1440. The first kappa shape index (κ1) is 32.0. The van der Waals surface area contributed by atoms with Gasteiger partial charge in [0.2, 0.25) is 11.8 Å². The lowest BCUT2D eigenvalue weighted by atomic mass is 10.1. The predicted octanol–water partition coefficient (Wildman–Crippen LogP) is 5.43. The van der Waals surface area contributed by atoms with E-state index >= 15 is 0 Å². The Kier molecular flexibility index (Phi) is 11.2. The molecule has 8 nitrogen and oxygen atoms in total. The van der Waals surface area contributed by atoms with Crippen LogP contribution in [0.15, 0.2) is 77.7 Å². The molecule has 1 N–H and O–H groups in total. The van der Waals surface area contributed by atoms with Gasteiger partial charge in [0.1, 0.15) is 18.3 Å².